The fourth-order valence-electron chi connectivity index (χ4n) is 1.57. The number of alkyl halides is 3. The van der Waals surface area contributed by atoms with Crippen molar-refractivity contribution in [2.75, 3.05) is 6.54 Å². The van der Waals surface area contributed by atoms with Gasteiger partial charge in [-0.1, -0.05) is 12.1 Å². The standard InChI is InChI=1S/C14H20F3NO2/c1-12(2,3)18-9-13(4,19)10-6-5-7-11(8-10)20-14(15,16)17/h5-8,18-19H,9H2,1-4H3. The zero-order valence-corrected chi connectivity index (χ0v) is 12.0. The number of rotatable bonds is 4. The molecule has 1 aromatic rings. The molecule has 0 aliphatic heterocycles. The Labute approximate surface area is 116 Å². The molecule has 0 amide bonds. The van der Waals surface area contributed by atoms with Crippen molar-refractivity contribution in [3.63, 3.8) is 0 Å². The molecule has 0 aliphatic rings. The summed E-state index contributed by atoms with van der Waals surface area (Å²) < 4.78 is 40.4. The van der Waals surface area contributed by atoms with Crippen LogP contribution in [-0.4, -0.2) is 23.6 Å². The first-order chi connectivity index (χ1) is 8.89. The van der Waals surface area contributed by atoms with Crippen LogP contribution in [0.4, 0.5) is 13.2 Å². The van der Waals surface area contributed by atoms with Crippen molar-refractivity contribution in [2.45, 2.75) is 45.2 Å². The van der Waals surface area contributed by atoms with Crippen LogP contribution in [-0.2, 0) is 5.60 Å². The molecule has 0 spiro atoms. The average Bonchev–Trinajstić information content (AvgIpc) is 2.24. The summed E-state index contributed by atoms with van der Waals surface area (Å²) in [5.41, 5.74) is -1.14. The van der Waals surface area contributed by atoms with Gasteiger partial charge in [0.15, 0.2) is 0 Å². The van der Waals surface area contributed by atoms with Crippen LogP contribution in [0, 0.1) is 0 Å². The minimum absolute atomic E-state index is 0.204. The van der Waals surface area contributed by atoms with Gasteiger partial charge >= 0.3 is 6.36 Å². The van der Waals surface area contributed by atoms with Gasteiger partial charge in [-0.05, 0) is 45.4 Å². The van der Waals surface area contributed by atoms with Gasteiger partial charge in [-0.3, -0.25) is 0 Å². The number of hydrogen-bond acceptors (Lipinski definition) is 3. The third kappa shape index (κ3) is 5.79. The van der Waals surface area contributed by atoms with Gasteiger partial charge in [-0.2, -0.15) is 0 Å². The van der Waals surface area contributed by atoms with Crippen LogP contribution in [0.1, 0.15) is 33.3 Å². The lowest BCUT2D eigenvalue weighted by molar-refractivity contribution is -0.274. The molecule has 1 unspecified atom stereocenters. The Morgan fingerprint density at radius 2 is 1.75 bits per heavy atom. The number of β-amino-alcohol motifs (C(OH)–C–C–N with tert-alkyl or cyclic N) is 1. The van der Waals surface area contributed by atoms with Crippen molar-refractivity contribution >= 4 is 0 Å². The zero-order valence-electron chi connectivity index (χ0n) is 12.0. The van der Waals surface area contributed by atoms with E-state index in [1.807, 2.05) is 20.8 Å². The molecule has 6 heteroatoms. The van der Waals surface area contributed by atoms with Crippen LogP contribution >= 0.6 is 0 Å². The maximum atomic E-state index is 12.2. The van der Waals surface area contributed by atoms with E-state index in [2.05, 4.69) is 10.1 Å². The third-order valence-electron chi connectivity index (χ3n) is 2.65. The molecule has 2 N–H and O–H groups in total. The Bertz CT molecular complexity index is 450. The third-order valence-corrected chi connectivity index (χ3v) is 2.65. The summed E-state index contributed by atoms with van der Waals surface area (Å²) in [7, 11) is 0. The number of hydrogen-bond donors (Lipinski definition) is 2. The number of benzene rings is 1. The highest BCUT2D eigenvalue weighted by molar-refractivity contribution is 5.32. The van der Waals surface area contributed by atoms with Gasteiger partial charge in [0.05, 0.1) is 5.60 Å². The highest BCUT2D eigenvalue weighted by atomic mass is 19.4. The Balaban J connectivity index is 2.87. The summed E-state index contributed by atoms with van der Waals surface area (Å²) in [6, 6.07) is 5.37. The molecule has 0 fully saturated rings. The quantitative estimate of drug-likeness (QED) is 0.895. The summed E-state index contributed by atoms with van der Waals surface area (Å²) in [5, 5.41) is 13.5. The summed E-state index contributed by atoms with van der Waals surface area (Å²) in [5.74, 6) is -0.342. The van der Waals surface area contributed by atoms with Crippen LogP contribution in [0.15, 0.2) is 24.3 Å². The van der Waals surface area contributed by atoms with Gasteiger partial charge in [0, 0.05) is 12.1 Å². The fourth-order valence-corrected chi connectivity index (χ4v) is 1.57. The van der Waals surface area contributed by atoms with E-state index in [-0.39, 0.29) is 17.8 Å². The number of aliphatic hydroxyl groups is 1. The molecule has 0 saturated heterocycles. The van der Waals surface area contributed by atoms with Crippen LogP contribution < -0.4 is 10.1 Å². The number of nitrogens with one attached hydrogen (secondary N) is 1. The Hall–Kier alpha value is -1.27. The fraction of sp³-hybridized carbons (Fsp3) is 0.571. The van der Waals surface area contributed by atoms with Crippen LogP contribution in [0.2, 0.25) is 0 Å². The van der Waals surface area contributed by atoms with Gasteiger partial charge in [0.2, 0.25) is 0 Å². The van der Waals surface area contributed by atoms with Gasteiger partial charge < -0.3 is 15.2 Å². The minimum atomic E-state index is -4.74. The van der Waals surface area contributed by atoms with E-state index in [0.717, 1.165) is 0 Å². The maximum absolute atomic E-state index is 12.2. The molecule has 0 aromatic heterocycles. The Morgan fingerprint density at radius 1 is 1.15 bits per heavy atom. The van der Waals surface area contributed by atoms with Gasteiger partial charge in [-0.15, -0.1) is 13.2 Å². The van der Waals surface area contributed by atoms with Crippen LogP contribution in [0.25, 0.3) is 0 Å². The molecule has 1 atom stereocenters. The van der Waals surface area contributed by atoms with Crippen molar-refractivity contribution in [1.29, 1.82) is 0 Å². The molecular weight excluding hydrogens is 271 g/mol. The van der Waals surface area contributed by atoms with E-state index in [1.165, 1.54) is 18.2 Å². The predicted octanol–water partition coefficient (Wildman–Crippen LogP) is 3.18. The molecule has 0 aliphatic carbocycles. The topological polar surface area (TPSA) is 41.5 Å². The largest absolute Gasteiger partial charge is 0.573 e. The van der Waals surface area contributed by atoms with E-state index in [0.29, 0.717) is 5.56 Å². The summed E-state index contributed by atoms with van der Waals surface area (Å²) in [6.45, 7) is 7.56. The molecule has 1 rings (SSSR count). The van der Waals surface area contributed by atoms with Crippen molar-refractivity contribution in [2.24, 2.45) is 0 Å². The van der Waals surface area contributed by atoms with E-state index in [1.54, 1.807) is 13.0 Å². The molecule has 0 saturated carbocycles. The lowest BCUT2D eigenvalue weighted by atomic mass is 9.94. The lowest BCUT2D eigenvalue weighted by Crippen LogP contribution is -2.44. The first-order valence-electron chi connectivity index (χ1n) is 6.23. The molecule has 0 bridgehead atoms. The highest BCUT2D eigenvalue weighted by Crippen LogP contribution is 2.28. The molecule has 0 heterocycles. The van der Waals surface area contributed by atoms with Gasteiger partial charge in [0.1, 0.15) is 5.75 Å². The molecule has 114 valence electrons. The second-order valence-corrected chi connectivity index (χ2v) is 5.95. The van der Waals surface area contributed by atoms with Crippen molar-refractivity contribution in [3.8, 4) is 5.75 Å². The molecule has 1 aromatic carbocycles. The number of ether oxygens (including phenoxy) is 1. The van der Waals surface area contributed by atoms with Gasteiger partial charge in [0.25, 0.3) is 0 Å². The summed E-state index contributed by atoms with van der Waals surface area (Å²) in [6.07, 6.45) is -4.74. The molecule has 3 nitrogen and oxygen atoms in total. The predicted molar refractivity (Wildman–Crippen MR) is 70.5 cm³/mol. The van der Waals surface area contributed by atoms with E-state index in [4.69, 9.17) is 0 Å². The second kappa shape index (κ2) is 5.61. The molecule has 0 radical (unpaired) electrons. The monoisotopic (exact) mass is 291 g/mol. The van der Waals surface area contributed by atoms with E-state index < -0.39 is 12.0 Å². The summed E-state index contributed by atoms with van der Waals surface area (Å²) in [4.78, 5) is 0. The molecule has 20 heavy (non-hydrogen) atoms. The molecular formula is C14H20F3NO2. The highest BCUT2D eigenvalue weighted by Gasteiger charge is 2.32. The smallest absolute Gasteiger partial charge is 0.406 e. The van der Waals surface area contributed by atoms with Crippen LogP contribution in [0.3, 0.4) is 0 Å². The maximum Gasteiger partial charge on any atom is 0.573 e. The average molecular weight is 291 g/mol. The zero-order chi connectivity index (χ0) is 15.6. The van der Waals surface area contributed by atoms with E-state index >= 15 is 0 Å². The number of halogens is 3. The van der Waals surface area contributed by atoms with Gasteiger partial charge in [-0.25, -0.2) is 0 Å². The normalized spacial score (nSPS) is 15.8. The first-order valence-corrected chi connectivity index (χ1v) is 6.23. The Morgan fingerprint density at radius 3 is 2.25 bits per heavy atom. The summed E-state index contributed by atoms with van der Waals surface area (Å²) >= 11 is 0. The second-order valence-electron chi connectivity index (χ2n) is 5.95. The van der Waals surface area contributed by atoms with E-state index in [9.17, 15) is 18.3 Å². The van der Waals surface area contributed by atoms with Crippen molar-refractivity contribution < 1.29 is 23.0 Å². The lowest BCUT2D eigenvalue weighted by Gasteiger charge is -2.30. The minimum Gasteiger partial charge on any atom is -0.406 e. The van der Waals surface area contributed by atoms with Crippen LogP contribution in [0.5, 0.6) is 5.75 Å². The van der Waals surface area contributed by atoms with Crippen molar-refractivity contribution in [3.05, 3.63) is 29.8 Å². The van der Waals surface area contributed by atoms with Crippen molar-refractivity contribution in [1.82, 2.24) is 5.32 Å². The Kier molecular flexibility index (Phi) is 4.71. The first kappa shape index (κ1) is 16.8. The SMILES string of the molecule is CC(C)(C)NCC(C)(O)c1cccc(OC(F)(F)F)c1.